The van der Waals surface area contributed by atoms with Crippen LogP contribution in [-0.2, 0) is 23.5 Å². The third-order valence-corrected chi connectivity index (χ3v) is 2.16. The molecule has 6 N–H and O–H groups in total. The maximum Gasteiger partial charge on any atom is 0.692 e. The van der Waals surface area contributed by atoms with Gasteiger partial charge in [0.2, 0.25) is 0 Å². The highest BCUT2D eigenvalue weighted by atomic mass is 31.2. The summed E-state index contributed by atoms with van der Waals surface area (Å²) in [5.41, 5.74) is 0.627. The van der Waals surface area contributed by atoms with Gasteiger partial charge < -0.3 is 24.7 Å². The monoisotopic (exact) mass is 410 g/mol. The summed E-state index contributed by atoms with van der Waals surface area (Å²) in [7, 11) is -6.79. The zero-order valence-electron chi connectivity index (χ0n) is 14.2. The van der Waals surface area contributed by atoms with Crippen LogP contribution in [0.2, 0.25) is 0 Å². The van der Waals surface area contributed by atoms with E-state index in [1.807, 2.05) is 0 Å². The summed E-state index contributed by atoms with van der Waals surface area (Å²) in [6, 6.07) is 0. The molecule has 0 unspecified atom stereocenters. The van der Waals surface area contributed by atoms with Crippen molar-refractivity contribution in [3.63, 3.8) is 0 Å². The molecule has 25 heavy (non-hydrogen) atoms. The van der Waals surface area contributed by atoms with Crippen LogP contribution in [0.1, 0.15) is 22.2 Å². The second-order valence-corrected chi connectivity index (χ2v) is 6.23. The van der Waals surface area contributed by atoms with E-state index in [9.17, 15) is 14.2 Å². The van der Waals surface area contributed by atoms with Gasteiger partial charge in [0.25, 0.3) is 0 Å². The molecule has 150 valence electrons. The van der Waals surface area contributed by atoms with Crippen LogP contribution >= 0.6 is 15.9 Å². The van der Waals surface area contributed by atoms with Gasteiger partial charge in [0.1, 0.15) is 0 Å². The van der Waals surface area contributed by atoms with Crippen molar-refractivity contribution >= 4 is 27.8 Å². The Kier molecular flexibility index (Phi) is 23.7. The lowest BCUT2D eigenvalue weighted by molar-refractivity contribution is -0.138. The van der Waals surface area contributed by atoms with Gasteiger partial charge in [-0.3, -0.25) is 4.57 Å². The Hall–Kier alpha value is -1.45. The van der Waals surface area contributed by atoms with Gasteiger partial charge in [-0.15, -0.1) is 9.79 Å². The largest absolute Gasteiger partial charge is 0.692 e. The first kappa shape index (κ1) is 31.3. The second kappa shape index (κ2) is 18.9. The molecule has 0 aliphatic rings. The summed E-state index contributed by atoms with van der Waals surface area (Å²) in [6.45, 7) is 11.4. The number of carbonyl (C=O) groups is 2. The molecular weight excluding hydrogens is 382 g/mol. The Morgan fingerprint density at radius 1 is 1.16 bits per heavy atom. The fourth-order valence-electron chi connectivity index (χ4n) is 0.385. The first-order chi connectivity index (χ1) is 11.1. The highest BCUT2D eigenvalue weighted by Gasteiger charge is 2.09. The van der Waals surface area contributed by atoms with E-state index in [2.05, 4.69) is 17.9 Å². The third kappa shape index (κ3) is 51.9. The number of hydrogen-bond donors (Lipinski definition) is 6. The molecule has 0 fully saturated rings. The van der Waals surface area contributed by atoms with Crippen LogP contribution in [0.25, 0.3) is 0 Å². The van der Waals surface area contributed by atoms with Crippen molar-refractivity contribution in [2.45, 2.75) is 20.8 Å². The highest BCUT2D eigenvalue weighted by Crippen LogP contribution is 2.32. The van der Waals surface area contributed by atoms with E-state index in [1.165, 1.54) is 6.92 Å². The van der Waals surface area contributed by atoms with Gasteiger partial charge in [-0.1, -0.05) is 13.2 Å². The standard InChI is InChI=1S/C6H10O2.C4H6O2.C2H7O4P.HO3P.H2/c1-4-8-6(7)5(2)3;1-3(2)4(5)6;3-1-2-7(4,5)6;1-4(2)3;/h2,4H2,1,3H3;1H2,2H3,(H,5,6);3H,1-2H2,(H2,4,5,6);(H-,1,2,3);1H/p+1/i;;;;1+1. The summed E-state index contributed by atoms with van der Waals surface area (Å²) in [5.74, 6) is -1.25. The number of carbonyl (C=O) groups excluding carboxylic acids is 1. The Morgan fingerprint density at radius 2 is 1.48 bits per heavy atom. The van der Waals surface area contributed by atoms with E-state index in [1.54, 1.807) is 13.8 Å². The van der Waals surface area contributed by atoms with Crippen LogP contribution in [0.4, 0.5) is 0 Å². The quantitative estimate of drug-likeness (QED) is 0.213. The predicted octanol–water partition coefficient (Wildman–Crippen LogP) is 0.803. The molecule has 0 bridgehead atoms. The fraction of sp³-hybridized carbons (Fsp3) is 0.500. The minimum Gasteiger partial charge on any atom is -0.478 e. The normalized spacial score (nSPS) is 8.80. The predicted molar refractivity (Wildman–Crippen MR) is 92.1 cm³/mol. The molecule has 0 aliphatic heterocycles. The molecule has 0 amide bonds. The SMILES string of the molecule is C=C(C)C(=O)O.C=C(C)C(=O)OCC.O=P(O)(O)CCO.O=[P+](O)O.[2HH]. The lowest BCUT2D eigenvalue weighted by Gasteiger charge is -1.96. The van der Waals surface area contributed by atoms with Gasteiger partial charge in [-0.2, -0.15) is 0 Å². The molecule has 0 radical (unpaired) electrons. The molecule has 0 aromatic rings. The summed E-state index contributed by atoms with van der Waals surface area (Å²) in [4.78, 5) is 50.2. The summed E-state index contributed by atoms with van der Waals surface area (Å²) < 4.78 is 23.0. The van der Waals surface area contributed by atoms with Crippen molar-refractivity contribution < 1.29 is 54.7 Å². The van der Waals surface area contributed by atoms with Crippen molar-refractivity contribution in [1.82, 2.24) is 0 Å². The van der Waals surface area contributed by atoms with Gasteiger partial charge in [0.15, 0.2) is 0 Å². The van der Waals surface area contributed by atoms with E-state index in [0.717, 1.165) is 0 Å². The zero-order valence-corrected chi connectivity index (χ0v) is 15.9. The van der Waals surface area contributed by atoms with Gasteiger partial charge in [0.05, 0.1) is 19.4 Å². The van der Waals surface area contributed by atoms with Crippen molar-refractivity contribution in [3.05, 3.63) is 24.3 Å². The Labute approximate surface area is 147 Å². The lowest BCUT2D eigenvalue weighted by atomic mass is 10.4. The number of carboxylic acid groups (broad SMARTS) is 1. The number of aliphatic hydroxyl groups excluding tert-OH is 1. The van der Waals surface area contributed by atoms with Crippen LogP contribution in [0.5, 0.6) is 0 Å². The van der Waals surface area contributed by atoms with Crippen molar-refractivity contribution in [2.75, 3.05) is 19.4 Å². The van der Waals surface area contributed by atoms with Crippen LogP contribution in [-0.4, -0.2) is 61.1 Å². The molecular formula is C12H27O11P2+. The van der Waals surface area contributed by atoms with Gasteiger partial charge in [-0.05, 0) is 20.8 Å². The Bertz CT molecular complexity index is 472. The molecule has 0 rings (SSSR count). The third-order valence-electron chi connectivity index (χ3n) is 1.38. The highest BCUT2D eigenvalue weighted by molar-refractivity contribution is 7.51. The lowest BCUT2D eigenvalue weighted by Crippen LogP contribution is -2.03. The van der Waals surface area contributed by atoms with Crippen LogP contribution in [0, 0.1) is 0 Å². The van der Waals surface area contributed by atoms with E-state index in [0.29, 0.717) is 12.2 Å². The molecule has 0 aromatic carbocycles. The molecule has 0 aromatic heterocycles. The van der Waals surface area contributed by atoms with Crippen LogP contribution in [0.3, 0.4) is 0 Å². The van der Waals surface area contributed by atoms with E-state index in [4.69, 9.17) is 34.4 Å². The number of carboxylic acids is 1. The maximum atomic E-state index is 10.4. The van der Waals surface area contributed by atoms with Crippen molar-refractivity contribution in [3.8, 4) is 0 Å². The topological polar surface area (TPSA) is 199 Å². The number of ether oxygens (including phenoxy) is 1. The van der Waals surface area contributed by atoms with Crippen LogP contribution in [0.15, 0.2) is 24.3 Å². The number of aliphatic hydroxyl groups is 1. The minimum absolute atomic E-state index is 0. The summed E-state index contributed by atoms with van der Waals surface area (Å²) >= 11 is 0. The molecule has 0 spiro atoms. The van der Waals surface area contributed by atoms with Gasteiger partial charge in [-0.25, -0.2) is 9.59 Å². The Morgan fingerprint density at radius 3 is 1.52 bits per heavy atom. The number of esters is 1. The number of hydrogen-bond acceptors (Lipinski definition) is 6. The molecule has 0 atom stereocenters. The maximum absolute atomic E-state index is 10.4. The van der Waals surface area contributed by atoms with E-state index >= 15 is 0 Å². The first-order valence-corrected chi connectivity index (χ1v) is 9.30. The first-order valence-electron chi connectivity index (χ1n) is 6.34. The average Bonchev–Trinajstić information content (AvgIpc) is 2.38. The number of aliphatic carboxylic acids is 1. The Balaban J connectivity index is -0.0000000764. The van der Waals surface area contributed by atoms with Crippen LogP contribution < -0.4 is 0 Å². The number of rotatable bonds is 5. The van der Waals surface area contributed by atoms with Gasteiger partial charge in [0, 0.05) is 17.1 Å². The van der Waals surface area contributed by atoms with Gasteiger partial charge >= 0.3 is 27.8 Å². The fourth-order valence-corrected chi connectivity index (χ4v) is 0.645. The molecule has 11 nitrogen and oxygen atoms in total. The zero-order chi connectivity index (χ0) is 21.2. The molecule has 13 heteroatoms. The van der Waals surface area contributed by atoms with Crippen molar-refractivity contribution in [1.29, 1.82) is 0 Å². The van der Waals surface area contributed by atoms with E-state index < -0.39 is 34.6 Å². The average molecular weight is 410 g/mol. The summed E-state index contributed by atoms with van der Waals surface area (Å²) in [6.07, 6.45) is -0.438. The van der Waals surface area contributed by atoms with Crippen molar-refractivity contribution in [2.24, 2.45) is 0 Å². The smallest absolute Gasteiger partial charge is 0.478 e. The molecule has 0 saturated carbocycles. The molecule has 0 aliphatic carbocycles. The second-order valence-electron chi connectivity index (χ2n) is 3.95. The molecule has 0 saturated heterocycles. The van der Waals surface area contributed by atoms with E-state index in [-0.39, 0.29) is 13.0 Å². The minimum atomic E-state index is -3.92. The summed E-state index contributed by atoms with van der Waals surface area (Å²) in [5, 5.41) is 15.8. The molecule has 0 heterocycles.